The van der Waals surface area contributed by atoms with Gasteiger partial charge in [0.05, 0.1) is 36.5 Å². The third kappa shape index (κ3) is 2.89. The van der Waals surface area contributed by atoms with E-state index in [0.29, 0.717) is 13.1 Å². The minimum Gasteiger partial charge on any atom is -0.468 e. The molecule has 7 heteroatoms. The molecule has 134 valence electrons. The summed E-state index contributed by atoms with van der Waals surface area (Å²) in [5.74, 6) is 1.92. The van der Waals surface area contributed by atoms with Gasteiger partial charge >= 0.3 is 0 Å². The molecule has 4 rings (SSSR count). The van der Waals surface area contributed by atoms with Gasteiger partial charge in [-0.3, -0.25) is 9.59 Å². The lowest BCUT2D eigenvalue weighted by Crippen LogP contribution is -2.44. The van der Waals surface area contributed by atoms with E-state index in [1.807, 2.05) is 24.3 Å². The normalized spacial score (nSPS) is 32.4. The number of fused-ring (bicyclic) bond motifs is 1. The molecule has 0 unspecified atom stereocenters. The van der Waals surface area contributed by atoms with Crippen LogP contribution >= 0.6 is 11.8 Å². The zero-order valence-corrected chi connectivity index (χ0v) is 15.0. The number of likely N-dealkylation sites (tertiary alicyclic amines) is 1. The zero-order chi connectivity index (χ0) is 17.4. The predicted octanol–water partition coefficient (Wildman–Crippen LogP) is 1.43. The Morgan fingerprint density at radius 1 is 1.52 bits per heavy atom. The quantitative estimate of drug-likeness (QED) is 0.587. The second-order valence-corrected chi connectivity index (χ2v) is 7.98. The minimum absolute atomic E-state index is 0.0148. The van der Waals surface area contributed by atoms with Gasteiger partial charge in [-0.05, 0) is 24.3 Å². The molecule has 0 aliphatic carbocycles. The number of nitrogens with zero attached hydrogens (tertiary/aromatic N) is 1. The summed E-state index contributed by atoms with van der Waals surface area (Å²) < 4.78 is 11.3. The highest BCUT2D eigenvalue weighted by Crippen LogP contribution is 2.51. The minimum atomic E-state index is -0.586. The van der Waals surface area contributed by atoms with Crippen LogP contribution in [0.4, 0.5) is 0 Å². The van der Waals surface area contributed by atoms with Crippen molar-refractivity contribution in [3.05, 3.63) is 36.3 Å². The SMILES string of the molecule is CN1C[C@@]23C=C[C@@H](O2)[C@@H](C(=O)NCCCSCc2ccco2)[C@H]3C1=O. The first-order valence-corrected chi connectivity index (χ1v) is 9.76. The molecule has 1 N–H and O–H groups in total. The zero-order valence-electron chi connectivity index (χ0n) is 14.1. The lowest BCUT2D eigenvalue weighted by molar-refractivity contribution is -0.136. The van der Waals surface area contributed by atoms with Crippen molar-refractivity contribution in [3.63, 3.8) is 0 Å². The molecule has 2 amide bonds. The van der Waals surface area contributed by atoms with Gasteiger partial charge in [0, 0.05) is 13.6 Å². The molecule has 6 nitrogen and oxygen atoms in total. The molecule has 3 aliphatic heterocycles. The van der Waals surface area contributed by atoms with Gasteiger partial charge in [0.2, 0.25) is 11.8 Å². The molecule has 0 saturated carbocycles. The highest BCUT2D eigenvalue weighted by atomic mass is 32.2. The van der Waals surface area contributed by atoms with Gasteiger partial charge in [0.25, 0.3) is 0 Å². The van der Waals surface area contributed by atoms with Gasteiger partial charge in [-0.15, -0.1) is 0 Å². The van der Waals surface area contributed by atoms with E-state index in [9.17, 15) is 9.59 Å². The van der Waals surface area contributed by atoms with Crippen molar-refractivity contribution in [1.29, 1.82) is 0 Å². The van der Waals surface area contributed by atoms with Crippen LogP contribution in [0.5, 0.6) is 0 Å². The monoisotopic (exact) mass is 362 g/mol. The molecule has 3 aliphatic rings. The number of thioether (sulfide) groups is 1. The third-order valence-electron chi connectivity index (χ3n) is 5.18. The summed E-state index contributed by atoms with van der Waals surface area (Å²) in [6.45, 7) is 1.15. The smallest absolute Gasteiger partial charge is 0.229 e. The predicted molar refractivity (Wildman–Crippen MR) is 93.9 cm³/mol. The van der Waals surface area contributed by atoms with E-state index in [4.69, 9.17) is 9.15 Å². The van der Waals surface area contributed by atoms with E-state index in [0.717, 1.165) is 23.7 Å². The molecule has 4 atom stereocenters. The molecule has 2 fully saturated rings. The van der Waals surface area contributed by atoms with Crippen molar-refractivity contribution < 1.29 is 18.7 Å². The van der Waals surface area contributed by atoms with Crippen LogP contribution in [0.25, 0.3) is 0 Å². The average Bonchev–Trinajstić information content (AvgIpc) is 3.34. The number of nitrogens with one attached hydrogen (secondary N) is 1. The third-order valence-corrected chi connectivity index (χ3v) is 6.25. The number of likely N-dealkylation sites (N-methyl/N-ethyl adjacent to an activating group) is 1. The Kier molecular flexibility index (Phi) is 4.37. The summed E-state index contributed by atoms with van der Waals surface area (Å²) in [6, 6.07) is 3.85. The maximum Gasteiger partial charge on any atom is 0.229 e. The maximum atomic E-state index is 12.6. The maximum absolute atomic E-state index is 12.6. The number of furan rings is 1. The van der Waals surface area contributed by atoms with Crippen molar-refractivity contribution in [2.24, 2.45) is 11.8 Å². The standard InChI is InChI=1S/C18H22N2O4S/c1-20-11-18-6-5-13(24-18)14(15(18)17(20)22)16(21)19-7-3-9-25-10-12-4-2-8-23-12/h2,4-6,8,13-15H,3,7,9-11H2,1H3,(H,19,21)/t13-,14-,15+,18-/m1/s1. The molecular formula is C18H22N2O4S. The summed E-state index contributed by atoms with van der Waals surface area (Å²) in [5, 5.41) is 2.99. The lowest BCUT2D eigenvalue weighted by atomic mass is 9.77. The van der Waals surface area contributed by atoms with Crippen LogP contribution in [0.2, 0.25) is 0 Å². The number of hydrogen-bond acceptors (Lipinski definition) is 5. The molecule has 1 spiro atoms. The van der Waals surface area contributed by atoms with Crippen LogP contribution in [0.3, 0.4) is 0 Å². The van der Waals surface area contributed by atoms with E-state index in [1.54, 1.807) is 30.0 Å². The molecule has 25 heavy (non-hydrogen) atoms. The fraction of sp³-hybridized carbons (Fsp3) is 0.556. The Labute approximate surface area is 150 Å². The first-order valence-electron chi connectivity index (χ1n) is 8.61. The Hall–Kier alpha value is -1.73. The number of carbonyl (C=O) groups is 2. The van der Waals surface area contributed by atoms with E-state index in [1.165, 1.54) is 0 Å². The van der Waals surface area contributed by atoms with Crippen LogP contribution < -0.4 is 5.32 Å². The Morgan fingerprint density at radius 3 is 3.20 bits per heavy atom. The number of ether oxygens (including phenoxy) is 1. The first kappa shape index (κ1) is 16.7. The highest BCUT2D eigenvalue weighted by molar-refractivity contribution is 7.98. The van der Waals surface area contributed by atoms with Crippen molar-refractivity contribution in [2.75, 3.05) is 25.9 Å². The second kappa shape index (κ2) is 6.53. The Morgan fingerprint density at radius 2 is 2.40 bits per heavy atom. The molecule has 2 bridgehead atoms. The average molecular weight is 362 g/mol. The molecule has 2 saturated heterocycles. The van der Waals surface area contributed by atoms with Gasteiger partial charge in [0.15, 0.2) is 0 Å². The molecule has 1 aromatic heterocycles. The number of rotatable bonds is 7. The van der Waals surface area contributed by atoms with E-state index >= 15 is 0 Å². The van der Waals surface area contributed by atoms with Gasteiger partial charge in [-0.25, -0.2) is 0 Å². The molecular weight excluding hydrogens is 340 g/mol. The molecule has 4 heterocycles. The summed E-state index contributed by atoms with van der Waals surface area (Å²) in [4.78, 5) is 26.7. The van der Waals surface area contributed by atoms with Gasteiger partial charge in [0.1, 0.15) is 11.4 Å². The highest BCUT2D eigenvalue weighted by Gasteiger charge is 2.66. The Balaban J connectivity index is 1.25. The van der Waals surface area contributed by atoms with Crippen molar-refractivity contribution in [3.8, 4) is 0 Å². The van der Waals surface area contributed by atoms with E-state index in [2.05, 4.69) is 5.32 Å². The summed E-state index contributed by atoms with van der Waals surface area (Å²) in [7, 11) is 1.77. The van der Waals surface area contributed by atoms with Crippen molar-refractivity contribution in [1.82, 2.24) is 10.2 Å². The van der Waals surface area contributed by atoms with Crippen LogP contribution in [0.15, 0.2) is 35.0 Å². The summed E-state index contributed by atoms with van der Waals surface area (Å²) >= 11 is 1.78. The number of carbonyl (C=O) groups excluding carboxylic acids is 2. The van der Waals surface area contributed by atoms with Crippen LogP contribution in [-0.4, -0.2) is 54.3 Å². The van der Waals surface area contributed by atoms with Gasteiger partial charge in [-0.1, -0.05) is 12.2 Å². The summed E-state index contributed by atoms with van der Waals surface area (Å²) in [6.07, 6.45) is 6.20. The van der Waals surface area contributed by atoms with Crippen LogP contribution in [0.1, 0.15) is 12.2 Å². The van der Waals surface area contributed by atoms with Gasteiger partial charge < -0.3 is 19.4 Å². The van der Waals surface area contributed by atoms with Crippen molar-refractivity contribution >= 4 is 23.6 Å². The first-order chi connectivity index (χ1) is 12.1. The molecule has 0 aromatic carbocycles. The Bertz CT molecular complexity index is 689. The fourth-order valence-electron chi connectivity index (χ4n) is 4.06. The van der Waals surface area contributed by atoms with Crippen molar-refractivity contribution in [2.45, 2.75) is 23.9 Å². The van der Waals surface area contributed by atoms with Gasteiger partial charge in [-0.2, -0.15) is 11.8 Å². The second-order valence-electron chi connectivity index (χ2n) is 6.87. The van der Waals surface area contributed by atoms with Crippen LogP contribution in [-0.2, 0) is 20.1 Å². The van der Waals surface area contributed by atoms with Crippen LogP contribution in [0, 0.1) is 11.8 Å². The number of hydrogen-bond donors (Lipinski definition) is 1. The largest absolute Gasteiger partial charge is 0.468 e. The topological polar surface area (TPSA) is 71.8 Å². The van der Waals surface area contributed by atoms with E-state index < -0.39 is 11.5 Å². The van der Waals surface area contributed by atoms with E-state index in [-0.39, 0.29) is 23.8 Å². The fourth-order valence-corrected chi connectivity index (χ4v) is 4.92. The summed E-state index contributed by atoms with van der Waals surface area (Å²) in [5.41, 5.74) is -0.586. The lowest BCUT2D eigenvalue weighted by Gasteiger charge is -2.23. The number of amides is 2. The molecule has 0 radical (unpaired) electrons. The molecule has 1 aromatic rings.